The molecule has 7 heteroatoms. The van der Waals surface area contributed by atoms with Gasteiger partial charge in [0, 0.05) is 17.2 Å². The fourth-order valence-electron chi connectivity index (χ4n) is 1.79. The van der Waals surface area contributed by atoms with E-state index in [0.717, 1.165) is 17.7 Å². The van der Waals surface area contributed by atoms with Gasteiger partial charge in [-0.3, -0.25) is 4.79 Å². The third-order valence-corrected chi connectivity index (χ3v) is 3.78. The number of nitrogens with one attached hydrogen (secondary N) is 2. The number of benzene rings is 1. The number of H-pyrrole nitrogens is 1. The number of thioether (sulfide) groups is 1. The predicted octanol–water partition coefficient (Wildman–Crippen LogP) is 3.27. The summed E-state index contributed by atoms with van der Waals surface area (Å²) in [6.07, 6.45) is 3.01. The van der Waals surface area contributed by atoms with Crippen LogP contribution in [0.1, 0.15) is 23.7 Å². The summed E-state index contributed by atoms with van der Waals surface area (Å²) < 4.78 is 5.22. The van der Waals surface area contributed by atoms with Crippen molar-refractivity contribution in [1.82, 2.24) is 15.5 Å². The number of nitrogens with zero attached hydrogens (tertiary/aromatic N) is 1. The first-order valence-corrected chi connectivity index (χ1v) is 8.36. The second-order valence-electron chi connectivity index (χ2n) is 4.65. The topological polar surface area (TPSA) is 70.9 Å². The van der Waals surface area contributed by atoms with Crippen LogP contribution in [0.2, 0.25) is 0 Å². The van der Waals surface area contributed by atoms with Crippen LogP contribution in [0.4, 0.5) is 0 Å². The van der Waals surface area contributed by atoms with Crippen LogP contribution in [0.3, 0.4) is 0 Å². The average Bonchev–Trinajstić information content (AvgIpc) is 2.92. The van der Waals surface area contributed by atoms with Crippen LogP contribution in [0, 0.1) is 4.84 Å². The van der Waals surface area contributed by atoms with E-state index in [9.17, 15) is 4.79 Å². The van der Waals surface area contributed by atoms with E-state index in [0.29, 0.717) is 11.5 Å². The second kappa shape index (κ2) is 7.42. The summed E-state index contributed by atoms with van der Waals surface area (Å²) in [6, 6.07) is 7.23. The van der Waals surface area contributed by atoms with E-state index >= 15 is 0 Å². The summed E-state index contributed by atoms with van der Waals surface area (Å²) in [7, 11) is 0. The summed E-state index contributed by atoms with van der Waals surface area (Å²) >= 11 is 6.61. The SMILES string of the molecule is CSCC[C@@H](C)NC(=O)c1ccc(-c2n[nH]c(=S)o2)cc1. The summed E-state index contributed by atoms with van der Waals surface area (Å²) in [6.45, 7) is 2.01. The van der Waals surface area contributed by atoms with Crippen LogP contribution in [-0.4, -0.2) is 34.2 Å². The lowest BCUT2D eigenvalue weighted by atomic mass is 10.1. The minimum absolute atomic E-state index is 0.0712. The molecule has 1 aromatic heterocycles. The fraction of sp³-hybridized carbons (Fsp3) is 0.357. The lowest BCUT2D eigenvalue weighted by Gasteiger charge is -2.13. The van der Waals surface area contributed by atoms with Crippen LogP contribution < -0.4 is 5.32 Å². The molecule has 1 aromatic carbocycles. The smallest absolute Gasteiger partial charge is 0.284 e. The molecule has 1 amide bonds. The van der Waals surface area contributed by atoms with Crippen LogP contribution >= 0.6 is 24.0 Å². The van der Waals surface area contributed by atoms with Crippen molar-refractivity contribution >= 4 is 29.9 Å². The molecule has 0 bridgehead atoms. The van der Waals surface area contributed by atoms with Crippen molar-refractivity contribution in [1.29, 1.82) is 0 Å². The molecule has 0 spiro atoms. The van der Waals surface area contributed by atoms with Crippen molar-refractivity contribution in [2.24, 2.45) is 0 Å². The molecule has 0 radical (unpaired) electrons. The van der Waals surface area contributed by atoms with E-state index < -0.39 is 0 Å². The zero-order chi connectivity index (χ0) is 15.2. The summed E-state index contributed by atoms with van der Waals surface area (Å²) in [5.41, 5.74) is 1.39. The first-order valence-electron chi connectivity index (χ1n) is 6.56. The number of aromatic nitrogens is 2. The number of carbonyl (C=O) groups excluding carboxylic acids is 1. The summed E-state index contributed by atoms with van der Waals surface area (Å²) in [5, 5.41) is 9.49. The molecule has 112 valence electrons. The Labute approximate surface area is 132 Å². The first kappa shape index (κ1) is 15.8. The molecule has 2 N–H and O–H groups in total. The Bertz CT molecular complexity index is 649. The van der Waals surface area contributed by atoms with Crippen molar-refractivity contribution in [3.05, 3.63) is 34.7 Å². The Morgan fingerprint density at radius 2 is 2.19 bits per heavy atom. The Kier molecular flexibility index (Phi) is 5.58. The molecule has 21 heavy (non-hydrogen) atoms. The quantitative estimate of drug-likeness (QED) is 0.798. The van der Waals surface area contributed by atoms with Crippen molar-refractivity contribution in [3.8, 4) is 11.5 Å². The zero-order valence-electron chi connectivity index (χ0n) is 11.9. The van der Waals surface area contributed by atoms with E-state index in [1.54, 1.807) is 36.0 Å². The third kappa shape index (κ3) is 4.44. The van der Waals surface area contributed by atoms with Gasteiger partial charge >= 0.3 is 0 Å². The molecule has 1 atom stereocenters. The van der Waals surface area contributed by atoms with E-state index in [4.69, 9.17) is 16.6 Å². The van der Waals surface area contributed by atoms with Crippen molar-refractivity contribution in [2.75, 3.05) is 12.0 Å². The molecule has 0 unspecified atom stereocenters. The number of aromatic amines is 1. The van der Waals surface area contributed by atoms with E-state index in [2.05, 4.69) is 21.8 Å². The van der Waals surface area contributed by atoms with E-state index in [1.807, 2.05) is 6.92 Å². The first-order chi connectivity index (χ1) is 10.1. The Morgan fingerprint density at radius 1 is 1.48 bits per heavy atom. The van der Waals surface area contributed by atoms with Gasteiger partial charge in [0.2, 0.25) is 5.89 Å². The highest BCUT2D eigenvalue weighted by molar-refractivity contribution is 7.98. The summed E-state index contributed by atoms with van der Waals surface area (Å²) in [4.78, 5) is 12.3. The number of rotatable bonds is 6. The molecule has 2 aromatic rings. The summed E-state index contributed by atoms with van der Waals surface area (Å²) in [5.74, 6) is 1.38. The van der Waals surface area contributed by atoms with E-state index in [-0.39, 0.29) is 16.8 Å². The van der Waals surface area contributed by atoms with Gasteiger partial charge < -0.3 is 9.73 Å². The molecule has 0 aliphatic heterocycles. The van der Waals surface area contributed by atoms with Crippen LogP contribution in [0.15, 0.2) is 28.7 Å². The second-order valence-corrected chi connectivity index (χ2v) is 6.01. The number of amides is 1. The minimum Gasteiger partial charge on any atom is -0.409 e. The highest BCUT2D eigenvalue weighted by Gasteiger charge is 2.10. The molecule has 5 nitrogen and oxygen atoms in total. The average molecular weight is 323 g/mol. The molecule has 0 fully saturated rings. The van der Waals surface area contributed by atoms with Crippen molar-refractivity contribution in [2.45, 2.75) is 19.4 Å². The largest absolute Gasteiger partial charge is 0.409 e. The van der Waals surface area contributed by atoms with Gasteiger partial charge in [-0.25, -0.2) is 5.10 Å². The standard InChI is InChI=1S/C14H17N3O2S2/c1-9(7-8-21-2)15-12(18)10-3-5-11(6-4-10)13-16-17-14(20)19-13/h3-6,9H,7-8H2,1-2H3,(H,15,18)(H,17,20)/t9-/m1/s1. The lowest BCUT2D eigenvalue weighted by Crippen LogP contribution is -2.32. The molecule has 0 aliphatic carbocycles. The van der Waals surface area contributed by atoms with Gasteiger partial charge in [-0.2, -0.15) is 11.8 Å². The van der Waals surface area contributed by atoms with Crippen LogP contribution in [-0.2, 0) is 0 Å². The zero-order valence-corrected chi connectivity index (χ0v) is 13.5. The number of carbonyl (C=O) groups is 1. The molecule has 2 rings (SSSR count). The molecule has 0 aliphatic rings. The van der Waals surface area contributed by atoms with Crippen LogP contribution in [0.5, 0.6) is 0 Å². The molecular weight excluding hydrogens is 306 g/mol. The van der Waals surface area contributed by atoms with Gasteiger partial charge in [-0.05, 0) is 61.8 Å². The Balaban J connectivity index is 2.01. The molecule has 1 heterocycles. The maximum absolute atomic E-state index is 12.1. The number of hydrogen-bond donors (Lipinski definition) is 2. The maximum Gasteiger partial charge on any atom is 0.284 e. The van der Waals surface area contributed by atoms with Crippen molar-refractivity contribution < 1.29 is 9.21 Å². The highest BCUT2D eigenvalue weighted by atomic mass is 32.2. The van der Waals surface area contributed by atoms with Gasteiger partial charge in [0.1, 0.15) is 0 Å². The number of hydrogen-bond acceptors (Lipinski definition) is 5. The fourth-order valence-corrected chi connectivity index (χ4v) is 2.51. The molecule has 0 saturated carbocycles. The predicted molar refractivity (Wildman–Crippen MR) is 87.1 cm³/mol. The maximum atomic E-state index is 12.1. The van der Waals surface area contributed by atoms with Crippen molar-refractivity contribution in [3.63, 3.8) is 0 Å². The Morgan fingerprint density at radius 3 is 2.76 bits per heavy atom. The minimum atomic E-state index is -0.0712. The van der Waals surface area contributed by atoms with Gasteiger partial charge in [0.05, 0.1) is 0 Å². The highest BCUT2D eigenvalue weighted by Crippen LogP contribution is 2.17. The molecular formula is C14H17N3O2S2. The van der Waals surface area contributed by atoms with Gasteiger partial charge in [-0.15, -0.1) is 5.10 Å². The normalized spacial score (nSPS) is 12.1. The van der Waals surface area contributed by atoms with E-state index in [1.165, 1.54) is 0 Å². The Hall–Kier alpha value is -1.60. The van der Waals surface area contributed by atoms with Gasteiger partial charge in [0.25, 0.3) is 10.7 Å². The monoisotopic (exact) mass is 323 g/mol. The lowest BCUT2D eigenvalue weighted by molar-refractivity contribution is 0.0939. The van der Waals surface area contributed by atoms with Gasteiger partial charge in [0.15, 0.2) is 0 Å². The molecule has 0 saturated heterocycles. The van der Waals surface area contributed by atoms with Crippen LogP contribution in [0.25, 0.3) is 11.5 Å². The third-order valence-electron chi connectivity index (χ3n) is 2.96. The van der Waals surface area contributed by atoms with Gasteiger partial charge in [-0.1, -0.05) is 0 Å².